The first-order valence-electron chi connectivity index (χ1n) is 6.55. The third-order valence-corrected chi connectivity index (χ3v) is 3.77. The smallest absolute Gasteiger partial charge is 0.260 e. The minimum absolute atomic E-state index is 0.0542. The van der Waals surface area contributed by atoms with Crippen molar-refractivity contribution in [2.75, 3.05) is 6.54 Å². The lowest BCUT2D eigenvalue weighted by molar-refractivity contribution is -0.00820. The van der Waals surface area contributed by atoms with Gasteiger partial charge < -0.3 is 9.64 Å². The monoisotopic (exact) mass is 255 g/mol. The van der Waals surface area contributed by atoms with Crippen molar-refractivity contribution < 1.29 is 9.53 Å². The lowest BCUT2D eigenvalue weighted by atomic mass is 10.0. The number of piperidine rings is 1. The van der Waals surface area contributed by atoms with Crippen molar-refractivity contribution in [2.45, 2.75) is 25.5 Å². The van der Waals surface area contributed by atoms with E-state index in [0.29, 0.717) is 11.3 Å². The van der Waals surface area contributed by atoms with Gasteiger partial charge in [0.25, 0.3) is 5.91 Å². The number of ether oxygens (including phenoxy) is 1. The number of hydrogen-bond acceptors (Lipinski definition) is 4. The van der Waals surface area contributed by atoms with Crippen molar-refractivity contribution in [3.63, 3.8) is 0 Å². The Hall–Kier alpha value is -2.17. The molecule has 4 rings (SSSR count). The van der Waals surface area contributed by atoms with Crippen molar-refractivity contribution in [1.29, 1.82) is 0 Å². The number of aromatic nitrogens is 2. The van der Waals surface area contributed by atoms with Gasteiger partial charge in [0.1, 0.15) is 5.75 Å². The molecule has 2 aliphatic rings. The van der Waals surface area contributed by atoms with Gasteiger partial charge in [-0.05, 0) is 18.9 Å². The SMILES string of the molecule is O=C1c2cc3nccnc3cc2OC2CCCCN12. The van der Waals surface area contributed by atoms with Crippen LogP contribution in [0.4, 0.5) is 0 Å². The maximum absolute atomic E-state index is 12.5. The first-order chi connectivity index (χ1) is 9.33. The third-order valence-electron chi connectivity index (χ3n) is 3.77. The van der Waals surface area contributed by atoms with Crippen molar-refractivity contribution in [2.24, 2.45) is 0 Å². The fourth-order valence-corrected chi connectivity index (χ4v) is 2.81. The van der Waals surface area contributed by atoms with E-state index in [1.54, 1.807) is 18.5 Å². The van der Waals surface area contributed by atoms with Crippen LogP contribution in [0.5, 0.6) is 5.75 Å². The molecular formula is C14H13N3O2. The van der Waals surface area contributed by atoms with Gasteiger partial charge in [-0.1, -0.05) is 0 Å². The maximum atomic E-state index is 12.5. The molecule has 1 aromatic carbocycles. The standard InChI is InChI=1S/C14H13N3O2/c18-14-9-7-10-11(16-5-4-15-10)8-12(9)19-13-3-1-2-6-17(13)14/h4-5,7-8,13H,1-3,6H2. The van der Waals surface area contributed by atoms with Crippen LogP contribution < -0.4 is 4.74 Å². The van der Waals surface area contributed by atoms with Gasteiger partial charge in [0.15, 0.2) is 6.23 Å². The van der Waals surface area contributed by atoms with Gasteiger partial charge in [0.2, 0.25) is 0 Å². The minimum Gasteiger partial charge on any atom is -0.470 e. The quantitative estimate of drug-likeness (QED) is 0.722. The summed E-state index contributed by atoms with van der Waals surface area (Å²) in [5, 5.41) is 0. The van der Waals surface area contributed by atoms with E-state index in [1.165, 1.54) is 0 Å². The van der Waals surface area contributed by atoms with Crippen LogP contribution in [-0.4, -0.2) is 33.5 Å². The van der Waals surface area contributed by atoms with Gasteiger partial charge >= 0.3 is 0 Å². The third kappa shape index (κ3) is 1.58. The van der Waals surface area contributed by atoms with Gasteiger partial charge in [-0.2, -0.15) is 0 Å². The summed E-state index contributed by atoms with van der Waals surface area (Å²) in [5.74, 6) is 0.694. The zero-order chi connectivity index (χ0) is 12.8. The second-order valence-corrected chi connectivity index (χ2v) is 4.96. The summed E-state index contributed by atoms with van der Waals surface area (Å²) >= 11 is 0. The predicted octanol–water partition coefficient (Wildman–Crippen LogP) is 1.97. The zero-order valence-electron chi connectivity index (χ0n) is 10.4. The molecule has 1 unspecified atom stereocenters. The Bertz CT molecular complexity index is 671. The summed E-state index contributed by atoms with van der Waals surface area (Å²) in [5.41, 5.74) is 2.10. The van der Waals surface area contributed by atoms with Crippen molar-refractivity contribution in [1.82, 2.24) is 14.9 Å². The van der Waals surface area contributed by atoms with Gasteiger partial charge in [-0.3, -0.25) is 14.8 Å². The predicted molar refractivity (Wildman–Crippen MR) is 68.8 cm³/mol. The summed E-state index contributed by atoms with van der Waals surface area (Å²) in [7, 11) is 0. The van der Waals surface area contributed by atoms with Gasteiger partial charge in [-0.15, -0.1) is 0 Å². The molecule has 0 bridgehead atoms. The van der Waals surface area contributed by atoms with E-state index in [2.05, 4.69) is 9.97 Å². The van der Waals surface area contributed by atoms with Crippen molar-refractivity contribution in [3.8, 4) is 5.75 Å². The molecule has 1 fully saturated rings. The van der Waals surface area contributed by atoms with E-state index in [1.807, 2.05) is 11.0 Å². The van der Waals surface area contributed by atoms with Crippen LogP contribution in [0.3, 0.4) is 0 Å². The number of amides is 1. The molecule has 0 N–H and O–H groups in total. The van der Waals surface area contributed by atoms with Crippen molar-refractivity contribution in [3.05, 3.63) is 30.1 Å². The van der Waals surface area contributed by atoms with E-state index in [0.717, 1.165) is 36.8 Å². The Kier molecular flexibility index (Phi) is 2.21. The fourth-order valence-electron chi connectivity index (χ4n) is 2.81. The van der Waals surface area contributed by atoms with Gasteiger partial charge in [0.05, 0.1) is 16.6 Å². The number of benzene rings is 1. The minimum atomic E-state index is -0.108. The number of carbonyl (C=O) groups is 1. The normalized spacial score (nSPS) is 21.8. The van der Waals surface area contributed by atoms with E-state index in [-0.39, 0.29) is 12.1 Å². The molecule has 0 radical (unpaired) electrons. The fraction of sp³-hybridized carbons (Fsp3) is 0.357. The van der Waals surface area contributed by atoms with Crippen LogP contribution in [0.25, 0.3) is 11.0 Å². The summed E-state index contributed by atoms with van der Waals surface area (Å²) < 4.78 is 5.95. The van der Waals surface area contributed by atoms with Crippen LogP contribution in [0.15, 0.2) is 24.5 Å². The molecule has 0 spiro atoms. The Labute approximate surface area is 110 Å². The molecule has 1 aromatic heterocycles. The highest BCUT2D eigenvalue weighted by atomic mass is 16.5. The summed E-state index contributed by atoms with van der Waals surface area (Å²) in [4.78, 5) is 22.8. The highest BCUT2D eigenvalue weighted by Crippen LogP contribution is 2.34. The van der Waals surface area contributed by atoms with Crippen LogP contribution in [-0.2, 0) is 0 Å². The molecule has 2 aliphatic heterocycles. The van der Waals surface area contributed by atoms with Crippen LogP contribution >= 0.6 is 0 Å². The molecular weight excluding hydrogens is 242 g/mol. The van der Waals surface area contributed by atoms with E-state index < -0.39 is 0 Å². The largest absolute Gasteiger partial charge is 0.470 e. The molecule has 1 saturated heterocycles. The number of hydrogen-bond donors (Lipinski definition) is 0. The lowest BCUT2D eigenvalue weighted by Crippen LogP contribution is -2.49. The van der Waals surface area contributed by atoms with Crippen LogP contribution in [0, 0.1) is 0 Å². The Morgan fingerprint density at radius 1 is 1.16 bits per heavy atom. The molecule has 1 amide bonds. The summed E-state index contributed by atoms with van der Waals surface area (Å²) in [6.07, 6.45) is 6.23. The molecule has 0 aliphatic carbocycles. The highest BCUT2D eigenvalue weighted by molar-refractivity contribution is 6.01. The number of carbonyl (C=O) groups excluding carboxylic acids is 1. The lowest BCUT2D eigenvalue weighted by Gasteiger charge is -2.39. The number of fused-ring (bicyclic) bond motifs is 3. The molecule has 19 heavy (non-hydrogen) atoms. The second kappa shape index (κ2) is 3.91. The zero-order valence-corrected chi connectivity index (χ0v) is 10.4. The van der Waals surface area contributed by atoms with E-state index in [9.17, 15) is 4.79 Å². The van der Waals surface area contributed by atoms with Gasteiger partial charge in [0, 0.05) is 31.4 Å². The summed E-state index contributed by atoms with van der Waals surface area (Å²) in [6.45, 7) is 0.779. The molecule has 1 atom stereocenters. The summed E-state index contributed by atoms with van der Waals surface area (Å²) in [6, 6.07) is 3.60. The molecule has 0 saturated carbocycles. The van der Waals surface area contributed by atoms with E-state index in [4.69, 9.17) is 4.74 Å². The maximum Gasteiger partial charge on any atom is 0.260 e. The average Bonchev–Trinajstić information content (AvgIpc) is 2.46. The Balaban J connectivity index is 1.88. The van der Waals surface area contributed by atoms with Crippen molar-refractivity contribution >= 4 is 16.9 Å². The number of nitrogens with zero attached hydrogens (tertiary/aromatic N) is 3. The average molecular weight is 255 g/mol. The molecule has 2 aromatic rings. The van der Waals surface area contributed by atoms with Crippen LogP contribution in [0.1, 0.15) is 29.6 Å². The number of rotatable bonds is 0. The second-order valence-electron chi connectivity index (χ2n) is 4.96. The Morgan fingerprint density at radius 3 is 2.79 bits per heavy atom. The highest BCUT2D eigenvalue weighted by Gasteiger charge is 2.35. The first kappa shape index (κ1) is 10.7. The van der Waals surface area contributed by atoms with E-state index >= 15 is 0 Å². The molecule has 5 heteroatoms. The molecule has 3 heterocycles. The van der Waals surface area contributed by atoms with Gasteiger partial charge in [-0.25, -0.2) is 0 Å². The van der Waals surface area contributed by atoms with Crippen LogP contribution in [0.2, 0.25) is 0 Å². The molecule has 5 nitrogen and oxygen atoms in total. The topological polar surface area (TPSA) is 55.3 Å². The molecule has 96 valence electrons. The Morgan fingerprint density at radius 2 is 1.95 bits per heavy atom. The first-order valence-corrected chi connectivity index (χ1v) is 6.55.